The van der Waals surface area contributed by atoms with Crippen molar-refractivity contribution in [1.82, 2.24) is 35.1 Å². The van der Waals surface area contributed by atoms with E-state index in [1.165, 1.54) is 10.4 Å². The molecule has 0 unspecified atom stereocenters. The quantitative estimate of drug-likeness (QED) is 0.194. The van der Waals surface area contributed by atoms with Crippen LogP contribution in [0.1, 0.15) is 63.7 Å². The largest absolute Gasteiger partial charge is 0.395 e. The molecular formula is C30H39N7O2S. The average molecular weight is 562 g/mol. The lowest BCUT2D eigenvalue weighted by atomic mass is 9.89. The topological polar surface area (TPSA) is 113 Å². The van der Waals surface area contributed by atoms with Gasteiger partial charge in [-0.2, -0.15) is 0 Å². The first kappa shape index (κ1) is 28.2. The van der Waals surface area contributed by atoms with Gasteiger partial charge in [0, 0.05) is 66.9 Å². The first-order valence-corrected chi connectivity index (χ1v) is 14.9. The van der Waals surface area contributed by atoms with Crippen molar-refractivity contribution < 1.29 is 9.90 Å². The molecular weight excluding hydrogens is 522 g/mol. The number of aliphatic hydroxyl groups is 1. The Kier molecular flexibility index (Phi) is 9.77. The smallest absolute Gasteiger partial charge is 0.254 e. The number of aromatic nitrogens is 4. The van der Waals surface area contributed by atoms with Gasteiger partial charge in [0.25, 0.3) is 5.91 Å². The average Bonchev–Trinajstić information content (AvgIpc) is 3.77. The summed E-state index contributed by atoms with van der Waals surface area (Å²) < 4.78 is 0. The molecule has 4 aromatic rings. The Morgan fingerprint density at radius 2 is 1.68 bits per heavy atom. The molecule has 3 heterocycles. The van der Waals surface area contributed by atoms with Crippen LogP contribution < -0.4 is 5.32 Å². The Morgan fingerprint density at radius 3 is 2.23 bits per heavy atom. The molecule has 1 fully saturated rings. The maximum Gasteiger partial charge on any atom is 0.254 e. The predicted octanol–water partition coefficient (Wildman–Crippen LogP) is 4.24. The second-order valence-corrected chi connectivity index (χ2v) is 11.5. The van der Waals surface area contributed by atoms with Crippen LogP contribution in [-0.2, 0) is 26.2 Å². The van der Waals surface area contributed by atoms with Crippen LogP contribution in [0.2, 0.25) is 0 Å². The highest BCUT2D eigenvalue weighted by molar-refractivity contribution is 7.10. The fourth-order valence-electron chi connectivity index (χ4n) is 5.45. The molecule has 40 heavy (non-hydrogen) atoms. The molecule has 0 atom stereocenters. The molecule has 5 rings (SSSR count). The normalized spacial score (nSPS) is 17.4. The van der Waals surface area contributed by atoms with Gasteiger partial charge in [0.1, 0.15) is 11.6 Å². The van der Waals surface area contributed by atoms with E-state index in [0.29, 0.717) is 30.7 Å². The van der Waals surface area contributed by atoms with Gasteiger partial charge in [0.05, 0.1) is 19.7 Å². The van der Waals surface area contributed by atoms with Crippen molar-refractivity contribution in [2.45, 2.75) is 70.9 Å². The number of thiophene rings is 1. The molecule has 0 radical (unpaired) electrons. The minimum atomic E-state index is -0.0594. The minimum absolute atomic E-state index is 0.0594. The van der Waals surface area contributed by atoms with Crippen LogP contribution in [0.25, 0.3) is 0 Å². The number of aromatic amines is 2. The van der Waals surface area contributed by atoms with Gasteiger partial charge in [-0.15, -0.1) is 11.3 Å². The maximum atomic E-state index is 13.4. The molecule has 212 valence electrons. The molecule has 0 aliphatic heterocycles. The Bertz CT molecular complexity index is 1260. The van der Waals surface area contributed by atoms with Crippen LogP contribution in [0.3, 0.4) is 0 Å². The van der Waals surface area contributed by atoms with Gasteiger partial charge < -0.3 is 25.3 Å². The zero-order valence-corrected chi connectivity index (χ0v) is 23.9. The van der Waals surface area contributed by atoms with Crippen molar-refractivity contribution in [2.75, 3.05) is 13.2 Å². The number of amides is 1. The third kappa shape index (κ3) is 7.45. The highest BCUT2D eigenvalue weighted by Gasteiger charge is 2.26. The predicted molar refractivity (Wildman–Crippen MR) is 157 cm³/mol. The summed E-state index contributed by atoms with van der Waals surface area (Å²) in [5.41, 5.74) is 3.16. The number of carbonyl (C=O) groups excluding carboxylic acids is 1. The highest BCUT2D eigenvalue weighted by atomic mass is 32.1. The Morgan fingerprint density at radius 1 is 1.00 bits per heavy atom. The van der Waals surface area contributed by atoms with E-state index in [1.807, 2.05) is 35.6 Å². The van der Waals surface area contributed by atoms with Crippen LogP contribution in [0.5, 0.6) is 0 Å². The van der Waals surface area contributed by atoms with Crippen LogP contribution in [-0.4, -0.2) is 66.0 Å². The number of carbonyl (C=O) groups is 1. The standard InChI is InChI=1S/C30H39N7O2S/c1-22-10-17-40-27(22)19-36(15-16-38)26-8-6-25(7-9-26)35-18-23-2-4-24(5-3-23)30(39)37(20-28-31-11-12-32-28)21-29-33-13-14-34-29/h2-5,10-14,17,25-26,35,38H,6-9,15-16,18-21H2,1H3,(H,31,32)(H,33,34)/t25-,26-. The van der Waals surface area contributed by atoms with Gasteiger partial charge in [-0.05, 0) is 67.3 Å². The molecule has 1 amide bonds. The van der Waals surface area contributed by atoms with E-state index in [9.17, 15) is 9.90 Å². The Hall–Kier alpha value is -3.31. The second kappa shape index (κ2) is 13.8. The van der Waals surface area contributed by atoms with E-state index in [1.54, 1.807) is 29.7 Å². The summed E-state index contributed by atoms with van der Waals surface area (Å²) in [6.45, 7) is 5.56. The Labute approximate surface area is 239 Å². The van der Waals surface area contributed by atoms with Gasteiger partial charge in [0.2, 0.25) is 0 Å². The van der Waals surface area contributed by atoms with Crippen molar-refractivity contribution in [3.05, 3.63) is 93.7 Å². The number of nitrogens with one attached hydrogen (secondary N) is 3. The molecule has 0 bridgehead atoms. The monoisotopic (exact) mass is 561 g/mol. The lowest BCUT2D eigenvalue weighted by molar-refractivity contribution is 0.0721. The summed E-state index contributed by atoms with van der Waals surface area (Å²) in [5.74, 6) is 1.41. The fraction of sp³-hybridized carbons (Fsp3) is 0.433. The number of aliphatic hydroxyl groups excluding tert-OH is 1. The van der Waals surface area contributed by atoms with Crippen molar-refractivity contribution in [3.63, 3.8) is 0 Å². The molecule has 0 spiro atoms. The van der Waals surface area contributed by atoms with E-state index in [4.69, 9.17) is 0 Å². The number of nitrogens with zero attached hydrogens (tertiary/aromatic N) is 4. The molecule has 4 N–H and O–H groups in total. The first-order valence-electron chi connectivity index (χ1n) is 14.0. The molecule has 3 aromatic heterocycles. The van der Waals surface area contributed by atoms with Gasteiger partial charge in [0.15, 0.2) is 0 Å². The fourth-order valence-corrected chi connectivity index (χ4v) is 6.39. The molecule has 1 aliphatic carbocycles. The third-order valence-corrected chi connectivity index (χ3v) is 8.80. The number of rotatable bonds is 13. The highest BCUT2D eigenvalue weighted by Crippen LogP contribution is 2.27. The van der Waals surface area contributed by atoms with Crippen LogP contribution >= 0.6 is 11.3 Å². The van der Waals surface area contributed by atoms with Crippen molar-refractivity contribution in [3.8, 4) is 0 Å². The third-order valence-electron chi connectivity index (χ3n) is 7.79. The van der Waals surface area contributed by atoms with Crippen molar-refractivity contribution in [1.29, 1.82) is 0 Å². The maximum absolute atomic E-state index is 13.4. The summed E-state index contributed by atoms with van der Waals surface area (Å²) in [6.07, 6.45) is 11.4. The number of hydrogen-bond acceptors (Lipinski definition) is 7. The summed E-state index contributed by atoms with van der Waals surface area (Å²) in [6, 6.07) is 11.1. The van der Waals surface area contributed by atoms with Crippen LogP contribution in [0, 0.1) is 6.92 Å². The second-order valence-electron chi connectivity index (χ2n) is 10.5. The van der Waals surface area contributed by atoms with Gasteiger partial charge in [-0.3, -0.25) is 9.69 Å². The Balaban J connectivity index is 1.12. The van der Waals surface area contributed by atoms with Gasteiger partial charge in [-0.25, -0.2) is 9.97 Å². The lowest BCUT2D eigenvalue weighted by Gasteiger charge is -2.37. The SMILES string of the molecule is Cc1ccsc1CN(CCO)[C@H]1CC[C@H](NCc2ccc(C(=O)N(Cc3ncc[nH]3)Cc3ncc[nH]3)cc2)CC1. The molecule has 0 saturated heterocycles. The number of imidazole rings is 2. The first-order chi connectivity index (χ1) is 19.6. The molecule has 9 nitrogen and oxygen atoms in total. The summed E-state index contributed by atoms with van der Waals surface area (Å²) in [5, 5.41) is 15.5. The van der Waals surface area contributed by atoms with E-state index in [0.717, 1.165) is 62.5 Å². The number of H-pyrrole nitrogens is 2. The van der Waals surface area contributed by atoms with E-state index < -0.39 is 0 Å². The summed E-state index contributed by atoms with van der Waals surface area (Å²) in [7, 11) is 0. The van der Waals surface area contributed by atoms with Gasteiger partial charge >= 0.3 is 0 Å². The van der Waals surface area contributed by atoms with Gasteiger partial charge in [-0.1, -0.05) is 12.1 Å². The minimum Gasteiger partial charge on any atom is -0.395 e. The molecule has 10 heteroatoms. The van der Waals surface area contributed by atoms with Crippen LogP contribution in [0.4, 0.5) is 0 Å². The zero-order valence-electron chi connectivity index (χ0n) is 23.1. The van der Waals surface area contributed by atoms with E-state index >= 15 is 0 Å². The zero-order chi connectivity index (χ0) is 27.7. The lowest BCUT2D eigenvalue weighted by Crippen LogP contribution is -2.43. The number of hydrogen-bond donors (Lipinski definition) is 4. The number of aryl methyl sites for hydroxylation is 1. The van der Waals surface area contributed by atoms with Crippen molar-refractivity contribution >= 4 is 17.2 Å². The summed E-state index contributed by atoms with van der Waals surface area (Å²) in [4.78, 5) is 33.7. The van der Waals surface area contributed by atoms with E-state index in [2.05, 4.69) is 48.5 Å². The van der Waals surface area contributed by atoms with Crippen molar-refractivity contribution in [2.24, 2.45) is 0 Å². The van der Waals surface area contributed by atoms with Crippen LogP contribution in [0.15, 0.2) is 60.5 Å². The molecule has 1 saturated carbocycles. The number of benzene rings is 1. The summed E-state index contributed by atoms with van der Waals surface area (Å²) >= 11 is 1.81. The van der Waals surface area contributed by atoms with E-state index in [-0.39, 0.29) is 12.5 Å². The molecule has 1 aliphatic rings. The molecule has 1 aromatic carbocycles.